The Balaban J connectivity index is 1.69. The number of nitrogens with zero attached hydrogens (tertiary/aromatic N) is 2. The lowest BCUT2D eigenvalue weighted by Gasteiger charge is -2.31. The van der Waals surface area contributed by atoms with Crippen molar-refractivity contribution in [2.45, 2.75) is 18.6 Å². The fourth-order valence-corrected chi connectivity index (χ4v) is 2.47. The van der Waals surface area contributed by atoms with Crippen LogP contribution in [0, 0.1) is 0 Å². The van der Waals surface area contributed by atoms with E-state index in [4.69, 9.17) is 26.8 Å². The van der Waals surface area contributed by atoms with Crippen LogP contribution in [0.1, 0.15) is 16.9 Å². The molecule has 9 heteroatoms. The van der Waals surface area contributed by atoms with Gasteiger partial charge in [-0.25, -0.2) is 4.98 Å². The number of rotatable bonds is 4. The van der Waals surface area contributed by atoms with Crippen molar-refractivity contribution < 1.29 is 14.3 Å². The number of nitrogen functional groups attached to an aromatic ring is 1. The topological polar surface area (TPSA) is 115 Å². The molecule has 8 nitrogen and oxygen atoms in total. The quantitative estimate of drug-likeness (QED) is 0.766. The lowest BCUT2D eigenvalue weighted by atomic mass is 10.1. The van der Waals surface area contributed by atoms with Crippen molar-refractivity contribution in [1.82, 2.24) is 20.5 Å². The molecule has 1 amide bonds. The zero-order valence-corrected chi connectivity index (χ0v) is 12.9. The van der Waals surface area contributed by atoms with Gasteiger partial charge in [-0.2, -0.15) is 5.10 Å². The highest BCUT2D eigenvalue weighted by molar-refractivity contribution is 6.35. The SMILES string of the molecule is Nc1n[nH]c(C(=O)N[C@@H]2CCOC[C@H]2Oc2ccccn2)c1Cl. The van der Waals surface area contributed by atoms with Crippen LogP contribution in [0.4, 0.5) is 5.82 Å². The van der Waals surface area contributed by atoms with Crippen LogP contribution in [0.5, 0.6) is 5.88 Å². The second-order valence-electron chi connectivity index (χ2n) is 5.07. The monoisotopic (exact) mass is 337 g/mol. The van der Waals surface area contributed by atoms with Crippen molar-refractivity contribution in [1.29, 1.82) is 0 Å². The van der Waals surface area contributed by atoms with E-state index in [0.29, 0.717) is 25.5 Å². The molecular weight excluding hydrogens is 322 g/mol. The molecule has 0 spiro atoms. The molecule has 122 valence electrons. The van der Waals surface area contributed by atoms with Gasteiger partial charge in [0.05, 0.1) is 12.6 Å². The van der Waals surface area contributed by atoms with E-state index in [-0.39, 0.29) is 34.6 Å². The zero-order chi connectivity index (χ0) is 16.2. The predicted molar refractivity (Wildman–Crippen MR) is 83.4 cm³/mol. The van der Waals surface area contributed by atoms with Gasteiger partial charge in [-0.15, -0.1) is 0 Å². The van der Waals surface area contributed by atoms with Crippen LogP contribution in [0.3, 0.4) is 0 Å². The Labute approximate surface area is 137 Å². The van der Waals surface area contributed by atoms with Crippen LogP contribution in [0.2, 0.25) is 5.02 Å². The lowest BCUT2D eigenvalue weighted by Crippen LogP contribution is -2.51. The van der Waals surface area contributed by atoms with E-state index in [2.05, 4.69) is 20.5 Å². The number of carbonyl (C=O) groups excluding carboxylic acids is 1. The third-order valence-corrected chi connectivity index (χ3v) is 3.87. The summed E-state index contributed by atoms with van der Waals surface area (Å²) in [4.78, 5) is 16.4. The minimum atomic E-state index is -0.388. The van der Waals surface area contributed by atoms with Crippen LogP contribution < -0.4 is 15.8 Å². The summed E-state index contributed by atoms with van der Waals surface area (Å²) in [5, 5.41) is 9.22. The first-order chi connectivity index (χ1) is 11.1. The van der Waals surface area contributed by atoms with E-state index in [0.717, 1.165) is 0 Å². The Kier molecular flexibility index (Phi) is 4.63. The summed E-state index contributed by atoms with van der Waals surface area (Å²) >= 11 is 5.94. The molecular formula is C14H16ClN5O3. The molecule has 0 aliphatic carbocycles. The van der Waals surface area contributed by atoms with Gasteiger partial charge in [0.2, 0.25) is 5.88 Å². The number of H-pyrrole nitrogens is 1. The number of aromatic nitrogens is 3. The van der Waals surface area contributed by atoms with Crippen LogP contribution >= 0.6 is 11.6 Å². The van der Waals surface area contributed by atoms with Gasteiger partial charge in [0, 0.05) is 18.9 Å². The molecule has 0 bridgehead atoms. The highest BCUT2D eigenvalue weighted by Crippen LogP contribution is 2.21. The van der Waals surface area contributed by atoms with E-state index in [1.54, 1.807) is 18.3 Å². The number of anilines is 1. The van der Waals surface area contributed by atoms with Crippen molar-refractivity contribution in [3.05, 3.63) is 35.1 Å². The first-order valence-corrected chi connectivity index (χ1v) is 7.48. The summed E-state index contributed by atoms with van der Waals surface area (Å²) in [5.41, 5.74) is 5.67. The fraction of sp³-hybridized carbons (Fsp3) is 0.357. The summed E-state index contributed by atoms with van der Waals surface area (Å²) in [7, 11) is 0. The molecule has 1 saturated heterocycles. The van der Waals surface area contributed by atoms with Gasteiger partial charge in [-0.1, -0.05) is 17.7 Å². The van der Waals surface area contributed by atoms with E-state index in [1.165, 1.54) is 0 Å². The van der Waals surface area contributed by atoms with E-state index >= 15 is 0 Å². The van der Waals surface area contributed by atoms with Crippen LogP contribution in [0.25, 0.3) is 0 Å². The van der Waals surface area contributed by atoms with Crippen molar-refractivity contribution in [3.63, 3.8) is 0 Å². The highest BCUT2D eigenvalue weighted by atomic mass is 35.5. The number of aromatic amines is 1. The number of hydrogen-bond donors (Lipinski definition) is 3. The fourth-order valence-electron chi connectivity index (χ4n) is 2.30. The molecule has 0 radical (unpaired) electrons. The largest absolute Gasteiger partial charge is 0.470 e. The molecule has 0 saturated carbocycles. The Morgan fingerprint density at radius 1 is 1.52 bits per heavy atom. The number of amides is 1. The van der Waals surface area contributed by atoms with Gasteiger partial charge in [0.1, 0.15) is 16.8 Å². The van der Waals surface area contributed by atoms with Gasteiger partial charge in [-0.05, 0) is 12.5 Å². The molecule has 2 aromatic rings. The second kappa shape index (κ2) is 6.84. The molecule has 0 unspecified atom stereocenters. The zero-order valence-electron chi connectivity index (χ0n) is 12.2. The third kappa shape index (κ3) is 3.54. The maximum absolute atomic E-state index is 12.3. The molecule has 0 aromatic carbocycles. The van der Waals surface area contributed by atoms with Gasteiger partial charge >= 0.3 is 0 Å². The van der Waals surface area contributed by atoms with Crippen LogP contribution in [-0.4, -0.2) is 46.4 Å². The average Bonchev–Trinajstić information content (AvgIpc) is 2.90. The minimum absolute atomic E-state index is 0.0880. The average molecular weight is 338 g/mol. The van der Waals surface area contributed by atoms with Crippen LogP contribution in [0.15, 0.2) is 24.4 Å². The van der Waals surface area contributed by atoms with E-state index in [1.807, 2.05) is 6.07 Å². The highest BCUT2D eigenvalue weighted by Gasteiger charge is 2.30. The molecule has 1 fully saturated rings. The molecule has 1 aliphatic heterocycles. The normalized spacial score (nSPS) is 20.9. The lowest BCUT2D eigenvalue weighted by molar-refractivity contribution is -0.0153. The maximum Gasteiger partial charge on any atom is 0.271 e. The second-order valence-corrected chi connectivity index (χ2v) is 5.44. The molecule has 3 rings (SSSR count). The molecule has 4 N–H and O–H groups in total. The van der Waals surface area contributed by atoms with Gasteiger partial charge < -0.3 is 20.5 Å². The predicted octanol–water partition coefficient (Wildman–Crippen LogP) is 1.01. The number of nitrogens with one attached hydrogen (secondary N) is 2. The standard InChI is InChI=1S/C14H16ClN5O3/c15-11-12(19-20-13(11)16)14(21)18-8-4-6-22-7-9(8)23-10-3-1-2-5-17-10/h1-3,5,8-9H,4,6-7H2,(H,18,21)(H3,16,19,20)/t8-,9-/m1/s1. The van der Waals surface area contributed by atoms with E-state index in [9.17, 15) is 4.79 Å². The minimum Gasteiger partial charge on any atom is -0.470 e. The number of pyridine rings is 1. The molecule has 1 aliphatic rings. The van der Waals surface area contributed by atoms with Crippen molar-refractivity contribution >= 4 is 23.3 Å². The summed E-state index contributed by atoms with van der Waals surface area (Å²) in [6, 6.07) is 5.14. The van der Waals surface area contributed by atoms with Crippen LogP contribution in [-0.2, 0) is 4.74 Å². The Bertz CT molecular complexity index is 678. The van der Waals surface area contributed by atoms with Gasteiger partial charge in [0.15, 0.2) is 5.82 Å². The molecule has 2 atom stereocenters. The number of hydrogen-bond acceptors (Lipinski definition) is 6. The number of halogens is 1. The third-order valence-electron chi connectivity index (χ3n) is 3.49. The number of ether oxygens (including phenoxy) is 2. The summed E-state index contributed by atoms with van der Waals surface area (Å²) in [5.74, 6) is 0.178. The van der Waals surface area contributed by atoms with Crippen molar-refractivity contribution in [2.24, 2.45) is 0 Å². The molecule has 3 heterocycles. The van der Waals surface area contributed by atoms with Gasteiger partial charge in [0.25, 0.3) is 5.91 Å². The summed E-state index contributed by atoms with van der Waals surface area (Å²) in [6.45, 7) is 0.895. The Morgan fingerprint density at radius 3 is 3.09 bits per heavy atom. The van der Waals surface area contributed by atoms with E-state index < -0.39 is 0 Å². The molecule has 2 aromatic heterocycles. The Morgan fingerprint density at radius 2 is 2.39 bits per heavy atom. The number of nitrogens with two attached hydrogens (primary N) is 1. The summed E-state index contributed by atoms with van der Waals surface area (Å²) in [6.07, 6.45) is 1.91. The number of carbonyl (C=O) groups is 1. The maximum atomic E-state index is 12.3. The molecule has 23 heavy (non-hydrogen) atoms. The van der Waals surface area contributed by atoms with Gasteiger partial charge in [-0.3, -0.25) is 9.89 Å². The van der Waals surface area contributed by atoms with Crippen molar-refractivity contribution in [3.8, 4) is 5.88 Å². The first kappa shape index (κ1) is 15.6. The summed E-state index contributed by atoms with van der Waals surface area (Å²) < 4.78 is 11.2. The van der Waals surface area contributed by atoms with Crippen molar-refractivity contribution in [2.75, 3.05) is 18.9 Å². The first-order valence-electron chi connectivity index (χ1n) is 7.11. The Hall–Kier alpha value is -2.32. The smallest absolute Gasteiger partial charge is 0.271 e.